The molecule has 0 aliphatic heterocycles. The van der Waals surface area contributed by atoms with Gasteiger partial charge in [-0.3, -0.25) is 0 Å². The summed E-state index contributed by atoms with van der Waals surface area (Å²) >= 11 is 5.57. The lowest BCUT2D eigenvalue weighted by molar-refractivity contribution is 0.557. The third-order valence-corrected chi connectivity index (χ3v) is 4.36. The Balaban J connectivity index is 2.19. The zero-order valence-corrected chi connectivity index (χ0v) is 11.9. The van der Waals surface area contributed by atoms with E-state index < -0.39 is 20.7 Å². The van der Waals surface area contributed by atoms with Crippen molar-refractivity contribution >= 4 is 27.3 Å². The van der Waals surface area contributed by atoms with Crippen LogP contribution in [0.15, 0.2) is 47.4 Å². The molecule has 0 aliphatic rings. The van der Waals surface area contributed by atoms with Gasteiger partial charge in [-0.25, -0.2) is 17.5 Å². The van der Waals surface area contributed by atoms with E-state index in [0.717, 1.165) is 6.07 Å². The Morgan fingerprint density at radius 1 is 1.15 bits per heavy atom. The standard InChI is InChI=1S/C13H12ClFN2O2S/c14-11-2-1-3-12(13(11)15)20(18,19)17-8-9-4-6-10(16)7-5-9/h1-7,17H,8,16H2. The van der Waals surface area contributed by atoms with Gasteiger partial charge in [-0.2, -0.15) is 0 Å². The smallest absolute Gasteiger partial charge is 0.243 e. The lowest BCUT2D eigenvalue weighted by atomic mass is 10.2. The third kappa shape index (κ3) is 3.27. The number of benzene rings is 2. The second kappa shape index (κ2) is 5.78. The van der Waals surface area contributed by atoms with Crippen molar-refractivity contribution < 1.29 is 12.8 Å². The van der Waals surface area contributed by atoms with Gasteiger partial charge in [0.2, 0.25) is 10.0 Å². The van der Waals surface area contributed by atoms with E-state index in [1.807, 2.05) is 0 Å². The summed E-state index contributed by atoms with van der Waals surface area (Å²) in [5.74, 6) is -0.959. The first kappa shape index (κ1) is 14.8. The SMILES string of the molecule is Nc1ccc(CNS(=O)(=O)c2cccc(Cl)c2F)cc1. The van der Waals surface area contributed by atoms with Crippen LogP contribution >= 0.6 is 11.6 Å². The lowest BCUT2D eigenvalue weighted by Gasteiger charge is -2.08. The Hall–Kier alpha value is -1.63. The van der Waals surface area contributed by atoms with Crippen molar-refractivity contribution in [3.8, 4) is 0 Å². The molecule has 0 spiro atoms. The van der Waals surface area contributed by atoms with E-state index in [-0.39, 0.29) is 11.6 Å². The molecule has 0 unspecified atom stereocenters. The zero-order valence-electron chi connectivity index (χ0n) is 10.3. The molecule has 0 radical (unpaired) electrons. The quantitative estimate of drug-likeness (QED) is 0.852. The zero-order chi connectivity index (χ0) is 14.8. The molecule has 0 amide bonds. The van der Waals surface area contributed by atoms with E-state index in [0.29, 0.717) is 11.3 Å². The summed E-state index contributed by atoms with van der Waals surface area (Å²) in [4.78, 5) is -0.472. The molecule has 7 heteroatoms. The Labute approximate surface area is 121 Å². The number of nitrogens with two attached hydrogens (primary N) is 1. The van der Waals surface area contributed by atoms with Crippen molar-refractivity contribution in [2.45, 2.75) is 11.4 Å². The van der Waals surface area contributed by atoms with Crippen LogP contribution < -0.4 is 10.5 Å². The van der Waals surface area contributed by atoms with Gasteiger partial charge in [-0.05, 0) is 29.8 Å². The van der Waals surface area contributed by atoms with E-state index in [2.05, 4.69) is 4.72 Å². The number of hydrogen-bond donors (Lipinski definition) is 2. The fourth-order valence-corrected chi connectivity index (χ4v) is 2.93. The molecule has 0 bridgehead atoms. The number of sulfonamides is 1. The first-order chi connectivity index (χ1) is 9.40. The van der Waals surface area contributed by atoms with Crippen LogP contribution in [0, 0.1) is 5.82 Å². The summed E-state index contributed by atoms with van der Waals surface area (Å²) in [6.45, 7) is 0.0363. The number of anilines is 1. The molecule has 4 nitrogen and oxygen atoms in total. The highest BCUT2D eigenvalue weighted by Gasteiger charge is 2.20. The van der Waals surface area contributed by atoms with Crippen molar-refractivity contribution in [2.75, 3.05) is 5.73 Å². The number of hydrogen-bond acceptors (Lipinski definition) is 3. The van der Waals surface area contributed by atoms with Crippen LogP contribution in [-0.4, -0.2) is 8.42 Å². The van der Waals surface area contributed by atoms with Crippen LogP contribution in [0.5, 0.6) is 0 Å². The van der Waals surface area contributed by atoms with Crippen molar-refractivity contribution in [1.29, 1.82) is 0 Å². The van der Waals surface area contributed by atoms with Gasteiger partial charge in [0.15, 0.2) is 5.82 Å². The molecule has 0 atom stereocenters. The van der Waals surface area contributed by atoms with Crippen molar-refractivity contribution in [3.05, 3.63) is 58.9 Å². The monoisotopic (exact) mass is 314 g/mol. The fourth-order valence-electron chi connectivity index (χ4n) is 1.58. The second-order valence-electron chi connectivity index (χ2n) is 4.12. The van der Waals surface area contributed by atoms with Gasteiger partial charge < -0.3 is 5.73 Å². The van der Waals surface area contributed by atoms with Crippen LogP contribution in [0.4, 0.5) is 10.1 Å². The molecule has 0 fully saturated rings. The summed E-state index contributed by atoms with van der Waals surface area (Å²) in [5.41, 5.74) is 6.83. The van der Waals surface area contributed by atoms with E-state index in [1.54, 1.807) is 24.3 Å². The van der Waals surface area contributed by atoms with Crippen LogP contribution in [0.3, 0.4) is 0 Å². The van der Waals surface area contributed by atoms with Gasteiger partial charge in [0.25, 0.3) is 0 Å². The van der Waals surface area contributed by atoms with Gasteiger partial charge in [0.1, 0.15) is 4.90 Å². The first-order valence-electron chi connectivity index (χ1n) is 5.68. The van der Waals surface area contributed by atoms with E-state index in [4.69, 9.17) is 17.3 Å². The molecule has 0 heterocycles. The molecule has 106 valence electrons. The Morgan fingerprint density at radius 2 is 1.80 bits per heavy atom. The van der Waals surface area contributed by atoms with Crippen molar-refractivity contribution in [2.24, 2.45) is 0 Å². The van der Waals surface area contributed by atoms with Crippen molar-refractivity contribution in [1.82, 2.24) is 4.72 Å². The van der Waals surface area contributed by atoms with Crippen LogP contribution in [0.2, 0.25) is 5.02 Å². The molecule has 3 N–H and O–H groups in total. The maximum absolute atomic E-state index is 13.7. The predicted octanol–water partition coefficient (Wildman–Crippen LogP) is 2.54. The minimum absolute atomic E-state index is 0.0363. The Kier molecular flexibility index (Phi) is 4.27. The van der Waals surface area contributed by atoms with Crippen LogP contribution in [0.25, 0.3) is 0 Å². The summed E-state index contributed by atoms with van der Waals surface area (Å²) in [6.07, 6.45) is 0. The molecule has 2 aromatic carbocycles. The lowest BCUT2D eigenvalue weighted by Crippen LogP contribution is -2.24. The Morgan fingerprint density at radius 3 is 2.45 bits per heavy atom. The topological polar surface area (TPSA) is 72.2 Å². The van der Waals surface area contributed by atoms with Crippen LogP contribution in [-0.2, 0) is 16.6 Å². The molecule has 20 heavy (non-hydrogen) atoms. The van der Waals surface area contributed by atoms with Crippen molar-refractivity contribution in [3.63, 3.8) is 0 Å². The van der Waals surface area contributed by atoms with E-state index in [1.165, 1.54) is 12.1 Å². The first-order valence-corrected chi connectivity index (χ1v) is 7.54. The summed E-state index contributed by atoms with van der Waals surface area (Å²) in [6, 6.07) is 10.5. The molecule has 0 aliphatic carbocycles. The van der Waals surface area contributed by atoms with Crippen LogP contribution in [0.1, 0.15) is 5.56 Å². The Bertz CT molecular complexity index is 718. The molecule has 2 aromatic rings. The molecular weight excluding hydrogens is 303 g/mol. The van der Waals surface area contributed by atoms with E-state index in [9.17, 15) is 12.8 Å². The maximum atomic E-state index is 13.7. The fraction of sp³-hybridized carbons (Fsp3) is 0.0769. The number of nitrogen functional groups attached to an aromatic ring is 1. The van der Waals surface area contributed by atoms with Gasteiger partial charge in [-0.15, -0.1) is 0 Å². The minimum Gasteiger partial charge on any atom is -0.399 e. The highest BCUT2D eigenvalue weighted by molar-refractivity contribution is 7.89. The highest BCUT2D eigenvalue weighted by Crippen LogP contribution is 2.21. The summed E-state index contributed by atoms with van der Waals surface area (Å²) in [5, 5.41) is -0.236. The number of halogens is 2. The molecule has 0 saturated heterocycles. The highest BCUT2D eigenvalue weighted by atomic mass is 35.5. The minimum atomic E-state index is -3.96. The molecular formula is C13H12ClFN2O2S. The maximum Gasteiger partial charge on any atom is 0.243 e. The molecule has 0 saturated carbocycles. The van der Waals surface area contributed by atoms with Gasteiger partial charge in [-0.1, -0.05) is 29.8 Å². The molecule has 2 rings (SSSR count). The predicted molar refractivity (Wildman–Crippen MR) is 76.3 cm³/mol. The molecule has 0 aromatic heterocycles. The third-order valence-electron chi connectivity index (χ3n) is 2.65. The largest absolute Gasteiger partial charge is 0.399 e. The van der Waals surface area contributed by atoms with Gasteiger partial charge >= 0.3 is 0 Å². The van der Waals surface area contributed by atoms with E-state index >= 15 is 0 Å². The number of nitrogens with one attached hydrogen (secondary N) is 1. The average molecular weight is 315 g/mol. The summed E-state index contributed by atoms with van der Waals surface area (Å²) in [7, 11) is -3.96. The normalized spacial score (nSPS) is 11.5. The van der Waals surface area contributed by atoms with Gasteiger partial charge in [0.05, 0.1) is 5.02 Å². The van der Waals surface area contributed by atoms with Gasteiger partial charge in [0, 0.05) is 12.2 Å². The second-order valence-corrected chi connectivity index (χ2v) is 6.26. The number of rotatable bonds is 4. The average Bonchev–Trinajstić information content (AvgIpc) is 2.41. The summed E-state index contributed by atoms with van der Waals surface area (Å²) < 4.78 is 40.0.